The summed E-state index contributed by atoms with van der Waals surface area (Å²) in [7, 11) is 0. The standard InChI is InChI=1S/C14H22O4/c15-13-7-2-5-11-17-10-3-1-4-12-18-14(16)9-6-8-13/h1,3H,2,4-12H2/b3-1+. The lowest BCUT2D eigenvalue weighted by Crippen LogP contribution is -2.07. The van der Waals surface area contributed by atoms with Gasteiger partial charge in [-0.25, -0.2) is 0 Å². The molecule has 0 amide bonds. The molecule has 4 nitrogen and oxygen atoms in total. The van der Waals surface area contributed by atoms with Gasteiger partial charge in [0.15, 0.2) is 0 Å². The second-order valence-electron chi connectivity index (χ2n) is 4.40. The zero-order valence-corrected chi connectivity index (χ0v) is 10.9. The molecule has 0 radical (unpaired) electrons. The van der Waals surface area contributed by atoms with Gasteiger partial charge in [0.05, 0.1) is 13.2 Å². The Morgan fingerprint density at radius 1 is 0.889 bits per heavy atom. The SMILES string of the molecule is O=C1CCCCOC/C=C/CCOC(=O)CCC1. The summed E-state index contributed by atoms with van der Waals surface area (Å²) in [4.78, 5) is 22.8. The van der Waals surface area contributed by atoms with Crippen LogP contribution in [0.15, 0.2) is 12.2 Å². The van der Waals surface area contributed by atoms with E-state index < -0.39 is 0 Å². The van der Waals surface area contributed by atoms with Crippen molar-refractivity contribution in [2.75, 3.05) is 19.8 Å². The van der Waals surface area contributed by atoms with Crippen LogP contribution >= 0.6 is 0 Å². The van der Waals surface area contributed by atoms with E-state index in [1.807, 2.05) is 12.2 Å². The van der Waals surface area contributed by atoms with E-state index in [0.29, 0.717) is 51.9 Å². The fourth-order valence-electron chi connectivity index (χ4n) is 1.73. The van der Waals surface area contributed by atoms with E-state index in [4.69, 9.17) is 9.47 Å². The second-order valence-corrected chi connectivity index (χ2v) is 4.40. The molecule has 0 spiro atoms. The molecule has 0 unspecified atom stereocenters. The predicted octanol–water partition coefficient (Wildman–Crippen LogP) is 2.42. The highest BCUT2D eigenvalue weighted by Crippen LogP contribution is 2.05. The van der Waals surface area contributed by atoms with Crippen molar-refractivity contribution in [1.29, 1.82) is 0 Å². The molecule has 1 rings (SSSR count). The Morgan fingerprint density at radius 3 is 2.61 bits per heavy atom. The van der Waals surface area contributed by atoms with Crippen molar-refractivity contribution in [3.8, 4) is 0 Å². The zero-order chi connectivity index (χ0) is 13.1. The molecule has 1 heterocycles. The van der Waals surface area contributed by atoms with Crippen LogP contribution in [-0.2, 0) is 19.1 Å². The fraction of sp³-hybridized carbons (Fsp3) is 0.714. The van der Waals surface area contributed by atoms with E-state index in [0.717, 1.165) is 12.8 Å². The number of esters is 1. The molecular formula is C14H22O4. The third-order valence-corrected chi connectivity index (χ3v) is 2.76. The molecule has 0 bridgehead atoms. The van der Waals surface area contributed by atoms with Crippen molar-refractivity contribution in [3.63, 3.8) is 0 Å². The van der Waals surface area contributed by atoms with Crippen LogP contribution in [0, 0.1) is 0 Å². The number of hydrogen-bond acceptors (Lipinski definition) is 4. The Morgan fingerprint density at radius 2 is 1.72 bits per heavy atom. The van der Waals surface area contributed by atoms with Crippen LogP contribution in [0.5, 0.6) is 0 Å². The Bertz CT molecular complexity index is 284. The van der Waals surface area contributed by atoms with E-state index >= 15 is 0 Å². The van der Waals surface area contributed by atoms with Gasteiger partial charge in [-0.05, 0) is 25.7 Å². The van der Waals surface area contributed by atoms with Crippen molar-refractivity contribution in [2.45, 2.75) is 44.9 Å². The van der Waals surface area contributed by atoms with Gasteiger partial charge in [-0.15, -0.1) is 0 Å². The van der Waals surface area contributed by atoms with E-state index in [2.05, 4.69) is 0 Å². The van der Waals surface area contributed by atoms with Gasteiger partial charge in [0.2, 0.25) is 0 Å². The summed E-state index contributed by atoms with van der Waals surface area (Å²) in [5.41, 5.74) is 0. The third-order valence-electron chi connectivity index (χ3n) is 2.76. The first kappa shape index (κ1) is 14.9. The van der Waals surface area contributed by atoms with Crippen molar-refractivity contribution in [1.82, 2.24) is 0 Å². The normalized spacial score (nSPS) is 23.3. The average Bonchev–Trinajstić information content (AvgIpc) is 2.34. The maximum Gasteiger partial charge on any atom is 0.305 e. The second kappa shape index (κ2) is 9.83. The van der Waals surface area contributed by atoms with Crippen LogP contribution in [0.4, 0.5) is 0 Å². The lowest BCUT2D eigenvalue weighted by atomic mass is 10.1. The maximum atomic E-state index is 11.5. The van der Waals surface area contributed by atoms with E-state index in [9.17, 15) is 9.59 Å². The number of ketones is 1. The van der Waals surface area contributed by atoms with Gasteiger partial charge in [-0.1, -0.05) is 12.2 Å². The molecule has 102 valence electrons. The molecule has 4 heteroatoms. The number of carbonyl (C=O) groups excluding carboxylic acids is 2. The zero-order valence-electron chi connectivity index (χ0n) is 10.9. The molecule has 18 heavy (non-hydrogen) atoms. The van der Waals surface area contributed by atoms with E-state index in [1.54, 1.807) is 0 Å². The molecule has 0 fully saturated rings. The van der Waals surface area contributed by atoms with Gasteiger partial charge >= 0.3 is 5.97 Å². The first-order chi connectivity index (χ1) is 8.79. The highest BCUT2D eigenvalue weighted by molar-refractivity contribution is 5.79. The summed E-state index contributed by atoms with van der Waals surface area (Å²) in [6.45, 7) is 1.69. The number of hydrogen-bond donors (Lipinski definition) is 0. The highest BCUT2D eigenvalue weighted by atomic mass is 16.5. The molecule has 0 aliphatic carbocycles. The van der Waals surface area contributed by atoms with Gasteiger partial charge in [0.25, 0.3) is 0 Å². The molecular weight excluding hydrogens is 232 g/mol. The monoisotopic (exact) mass is 254 g/mol. The minimum atomic E-state index is -0.209. The molecule has 0 saturated carbocycles. The molecule has 0 aromatic carbocycles. The summed E-state index contributed by atoms with van der Waals surface area (Å²) < 4.78 is 10.4. The van der Waals surface area contributed by atoms with Gasteiger partial charge in [-0.2, -0.15) is 0 Å². The van der Waals surface area contributed by atoms with Crippen LogP contribution in [-0.4, -0.2) is 31.6 Å². The quantitative estimate of drug-likeness (QED) is 0.492. The molecule has 0 atom stereocenters. The smallest absolute Gasteiger partial charge is 0.305 e. The summed E-state index contributed by atoms with van der Waals surface area (Å²) in [5, 5.41) is 0. The van der Waals surface area contributed by atoms with Crippen molar-refractivity contribution in [3.05, 3.63) is 12.2 Å². The average molecular weight is 254 g/mol. The van der Waals surface area contributed by atoms with Gasteiger partial charge in [-0.3, -0.25) is 9.59 Å². The summed E-state index contributed by atoms with van der Waals surface area (Å²) in [6, 6.07) is 0. The minimum Gasteiger partial charge on any atom is -0.465 e. The summed E-state index contributed by atoms with van der Waals surface area (Å²) >= 11 is 0. The first-order valence-corrected chi connectivity index (χ1v) is 6.69. The number of rotatable bonds is 0. The van der Waals surface area contributed by atoms with Crippen LogP contribution in [0.2, 0.25) is 0 Å². The van der Waals surface area contributed by atoms with Crippen molar-refractivity contribution < 1.29 is 19.1 Å². The predicted molar refractivity (Wildman–Crippen MR) is 68.2 cm³/mol. The topological polar surface area (TPSA) is 52.6 Å². The van der Waals surface area contributed by atoms with Crippen LogP contribution in [0.25, 0.3) is 0 Å². The Balaban J connectivity index is 2.29. The Kier molecular flexibility index (Phi) is 8.13. The lowest BCUT2D eigenvalue weighted by Gasteiger charge is -2.05. The highest BCUT2D eigenvalue weighted by Gasteiger charge is 2.06. The number of Topliss-reactive ketones (excluding diaryl/α,β-unsaturated/α-hetero) is 1. The molecule has 0 N–H and O–H groups in total. The third kappa shape index (κ3) is 8.01. The van der Waals surface area contributed by atoms with Crippen LogP contribution in [0.1, 0.15) is 44.9 Å². The molecule has 1 aliphatic heterocycles. The Labute approximate surface area is 108 Å². The molecule has 0 saturated heterocycles. The number of cyclic esters (lactones) is 1. The van der Waals surface area contributed by atoms with E-state index in [-0.39, 0.29) is 11.8 Å². The van der Waals surface area contributed by atoms with E-state index in [1.165, 1.54) is 0 Å². The van der Waals surface area contributed by atoms with Crippen LogP contribution in [0.3, 0.4) is 0 Å². The fourth-order valence-corrected chi connectivity index (χ4v) is 1.73. The number of ether oxygens (including phenoxy) is 2. The van der Waals surface area contributed by atoms with Crippen LogP contribution < -0.4 is 0 Å². The maximum absolute atomic E-state index is 11.5. The van der Waals surface area contributed by atoms with Crippen molar-refractivity contribution >= 4 is 11.8 Å². The lowest BCUT2D eigenvalue weighted by molar-refractivity contribution is -0.143. The molecule has 0 aromatic heterocycles. The largest absolute Gasteiger partial charge is 0.465 e. The molecule has 0 aromatic rings. The van der Waals surface area contributed by atoms with Crippen molar-refractivity contribution in [2.24, 2.45) is 0 Å². The molecule has 1 aliphatic rings. The van der Waals surface area contributed by atoms with Gasteiger partial charge in [0, 0.05) is 25.9 Å². The summed E-state index contributed by atoms with van der Waals surface area (Å²) in [5.74, 6) is 0.0225. The minimum absolute atomic E-state index is 0.209. The Hall–Kier alpha value is -1.16. The summed E-state index contributed by atoms with van der Waals surface area (Å²) in [6.07, 6.45) is 8.42. The first-order valence-electron chi connectivity index (χ1n) is 6.69. The number of carbonyl (C=O) groups is 2. The van der Waals surface area contributed by atoms with Gasteiger partial charge in [0.1, 0.15) is 5.78 Å². The van der Waals surface area contributed by atoms with Gasteiger partial charge < -0.3 is 9.47 Å².